The molecule has 0 saturated carbocycles. The lowest BCUT2D eigenvalue weighted by Gasteiger charge is -2.29. The van der Waals surface area contributed by atoms with E-state index in [1.54, 1.807) is 13.1 Å². The standard InChI is InChI=1S/C22H25N3O2S/c1-16(17-8-4-3-5-9-17)25(13-18-10-6-7-11-20(18)26)14-19-15-28-22(24-19)12-21(27)23-2/h3-11,15-16,26H,12-14H2,1-2H3,(H,23,27)/t16-/m1/s1. The van der Waals surface area contributed by atoms with Crippen LogP contribution in [0.25, 0.3) is 0 Å². The van der Waals surface area contributed by atoms with Crippen LogP contribution in [-0.4, -0.2) is 27.9 Å². The number of nitrogens with zero attached hydrogens (tertiary/aromatic N) is 2. The van der Waals surface area contributed by atoms with Gasteiger partial charge in [0.25, 0.3) is 0 Å². The van der Waals surface area contributed by atoms with Crippen molar-refractivity contribution in [1.29, 1.82) is 0 Å². The van der Waals surface area contributed by atoms with Crippen molar-refractivity contribution in [2.24, 2.45) is 0 Å². The zero-order chi connectivity index (χ0) is 19.9. The summed E-state index contributed by atoms with van der Waals surface area (Å²) in [5, 5.41) is 15.7. The molecule has 1 aromatic heterocycles. The largest absolute Gasteiger partial charge is 0.508 e. The number of thiazole rings is 1. The molecule has 0 aliphatic heterocycles. The Labute approximate surface area is 169 Å². The van der Waals surface area contributed by atoms with Gasteiger partial charge in [-0.25, -0.2) is 4.98 Å². The van der Waals surface area contributed by atoms with Gasteiger partial charge in [0.15, 0.2) is 0 Å². The van der Waals surface area contributed by atoms with Gasteiger partial charge in [0.1, 0.15) is 10.8 Å². The Morgan fingerprint density at radius 1 is 1.14 bits per heavy atom. The third-order valence-corrected chi connectivity index (χ3v) is 5.65. The molecule has 1 amide bonds. The van der Waals surface area contributed by atoms with Gasteiger partial charge in [-0.3, -0.25) is 9.69 Å². The second kappa shape index (κ2) is 9.48. The molecule has 2 aromatic carbocycles. The van der Waals surface area contributed by atoms with Gasteiger partial charge in [0.2, 0.25) is 5.91 Å². The number of rotatable bonds is 8. The summed E-state index contributed by atoms with van der Waals surface area (Å²) in [6.45, 7) is 3.40. The summed E-state index contributed by atoms with van der Waals surface area (Å²) < 4.78 is 0. The molecule has 0 bridgehead atoms. The van der Waals surface area contributed by atoms with E-state index in [1.165, 1.54) is 16.9 Å². The summed E-state index contributed by atoms with van der Waals surface area (Å²) >= 11 is 1.50. The molecule has 0 radical (unpaired) electrons. The highest BCUT2D eigenvalue weighted by Gasteiger charge is 2.19. The molecule has 0 fully saturated rings. The monoisotopic (exact) mass is 395 g/mol. The summed E-state index contributed by atoms with van der Waals surface area (Å²) in [6.07, 6.45) is 0.300. The molecular weight excluding hydrogens is 370 g/mol. The van der Waals surface area contributed by atoms with Crippen LogP contribution >= 0.6 is 11.3 Å². The van der Waals surface area contributed by atoms with Crippen LogP contribution in [0.1, 0.15) is 34.8 Å². The molecule has 3 aromatic rings. The molecule has 0 aliphatic rings. The number of likely N-dealkylation sites (N-methyl/N-ethyl adjacent to an activating group) is 1. The quantitative estimate of drug-likeness (QED) is 0.607. The van der Waals surface area contributed by atoms with Gasteiger partial charge < -0.3 is 10.4 Å². The molecule has 6 heteroatoms. The summed E-state index contributed by atoms with van der Waals surface area (Å²) in [7, 11) is 1.63. The van der Waals surface area contributed by atoms with Crippen LogP contribution in [0, 0.1) is 0 Å². The molecule has 0 saturated heterocycles. The van der Waals surface area contributed by atoms with Crippen LogP contribution < -0.4 is 5.32 Å². The summed E-state index contributed by atoms with van der Waals surface area (Å²) in [5.41, 5.74) is 3.02. The highest BCUT2D eigenvalue weighted by Crippen LogP contribution is 2.27. The first-order valence-corrected chi connectivity index (χ1v) is 10.1. The molecule has 0 unspecified atom stereocenters. The van der Waals surface area contributed by atoms with Crippen LogP contribution in [0.4, 0.5) is 0 Å². The SMILES string of the molecule is CNC(=O)Cc1nc(CN(Cc2ccccc2O)[C@H](C)c2ccccc2)cs1. The summed E-state index contributed by atoms with van der Waals surface area (Å²) in [5.74, 6) is 0.260. The third kappa shape index (κ3) is 5.18. The highest BCUT2D eigenvalue weighted by atomic mass is 32.1. The van der Waals surface area contributed by atoms with Crippen LogP contribution in [0.3, 0.4) is 0 Å². The smallest absolute Gasteiger partial charge is 0.226 e. The van der Waals surface area contributed by atoms with E-state index in [0.29, 0.717) is 25.3 Å². The Kier molecular flexibility index (Phi) is 6.79. The number of benzene rings is 2. The number of carbonyl (C=O) groups is 1. The average molecular weight is 396 g/mol. The number of hydrogen-bond donors (Lipinski definition) is 2. The Morgan fingerprint density at radius 3 is 2.57 bits per heavy atom. The lowest BCUT2D eigenvalue weighted by molar-refractivity contribution is -0.119. The van der Waals surface area contributed by atoms with E-state index in [-0.39, 0.29) is 11.9 Å². The minimum Gasteiger partial charge on any atom is -0.508 e. The first-order valence-electron chi connectivity index (χ1n) is 9.26. The minimum absolute atomic E-state index is 0.0374. The molecule has 146 valence electrons. The zero-order valence-electron chi connectivity index (χ0n) is 16.1. The normalized spacial score (nSPS) is 12.1. The van der Waals surface area contributed by atoms with Crippen molar-refractivity contribution in [2.75, 3.05) is 7.05 Å². The molecule has 0 spiro atoms. The van der Waals surface area contributed by atoms with Crippen LogP contribution in [0.5, 0.6) is 5.75 Å². The van der Waals surface area contributed by atoms with Gasteiger partial charge in [-0.05, 0) is 18.6 Å². The van der Waals surface area contributed by atoms with Crippen molar-refractivity contribution in [1.82, 2.24) is 15.2 Å². The fourth-order valence-corrected chi connectivity index (χ4v) is 3.86. The zero-order valence-corrected chi connectivity index (χ0v) is 16.9. The van der Waals surface area contributed by atoms with E-state index in [1.807, 2.05) is 41.8 Å². The second-order valence-corrected chi connectivity index (χ2v) is 7.65. The number of aromatic nitrogens is 1. The van der Waals surface area contributed by atoms with Crippen LogP contribution in [0.15, 0.2) is 60.0 Å². The maximum Gasteiger partial charge on any atom is 0.226 e. The van der Waals surface area contributed by atoms with Gasteiger partial charge in [0, 0.05) is 37.1 Å². The van der Waals surface area contributed by atoms with E-state index in [4.69, 9.17) is 0 Å². The van der Waals surface area contributed by atoms with Crippen molar-refractivity contribution < 1.29 is 9.90 Å². The van der Waals surface area contributed by atoms with E-state index < -0.39 is 0 Å². The molecule has 2 N–H and O–H groups in total. The van der Waals surface area contributed by atoms with Crippen LogP contribution in [0.2, 0.25) is 0 Å². The molecule has 1 atom stereocenters. The number of carbonyl (C=O) groups excluding carboxylic acids is 1. The van der Waals surface area contributed by atoms with Crippen LogP contribution in [-0.2, 0) is 24.3 Å². The fraction of sp³-hybridized carbons (Fsp3) is 0.273. The highest BCUT2D eigenvalue weighted by molar-refractivity contribution is 7.09. The Morgan fingerprint density at radius 2 is 1.86 bits per heavy atom. The number of hydrogen-bond acceptors (Lipinski definition) is 5. The van der Waals surface area contributed by atoms with Crippen molar-refractivity contribution in [2.45, 2.75) is 32.5 Å². The van der Waals surface area contributed by atoms with Gasteiger partial charge in [0.05, 0.1) is 12.1 Å². The van der Waals surface area contributed by atoms with Crippen molar-refractivity contribution >= 4 is 17.2 Å². The fourth-order valence-electron chi connectivity index (χ4n) is 3.07. The van der Waals surface area contributed by atoms with Gasteiger partial charge in [-0.2, -0.15) is 0 Å². The minimum atomic E-state index is -0.0374. The van der Waals surface area contributed by atoms with Gasteiger partial charge in [-0.15, -0.1) is 11.3 Å². The van der Waals surface area contributed by atoms with E-state index >= 15 is 0 Å². The molecule has 0 aliphatic carbocycles. The lowest BCUT2D eigenvalue weighted by atomic mass is 10.1. The Hall–Kier alpha value is -2.70. The molecule has 28 heavy (non-hydrogen) atoms. The summed E-state index contributed by atoms with van der Waals surface area (Å²) in [4.78, 5) is 18.5. The topological polar surface area (TPSA) is 65.5 Å². The predicted octanol–water partition coefficient (Wildman–Crippen LogP) is 3.90. The Bertz CT molecular complexity index is 911. The predicted molar refractivity (Wildman–Crippen MR) is 112 cm³/mol. The first-order chi connectivity index (χ1) is 13.6. The van der Waals surface area contributed by atoms with Gasteiger partial charge in [-0.1, -0.05) is 48.5 Å². The van der Waals surface area contributed by atoms with Crippen molar-refractivity contribution in [3.8, 4) is 5.75 Å². The molecule has 1 heterocycles. The second-order valence-electron chi connectivity index (χ2n) is 6.70. The number of phenolic OH excluding ortho intramolecular Hbond substituents is 1. The number of phenols is 1. The van der Waals surface area contributed by atoms with E-state index in [9.17, 15) is 9.90 Å². The maximum atomic E-state index is 11.6. The van der Waals surface area contributed by atoms with Crippen molar-refractivity contribution in [3.63, 3.8) is 0 Å². The average Bonchev–Trinajstić information content (AvgIpc) is 3.15. The maximum absolute atomic E-state index is 11.6. The first kappa shape index (κ1) is 20.0. The third-order valence-electron chi connectivity index (χ3n) is 4.75. The number of amides is 1. The summed E-state index contributed by atoms with van der Waals surface area (Å²) in [6, 6.07) is 17.9. The lowest BCUT2D eigenvalue weighted by Crippen LogP contribution is -2.26. The molecule has 5 nitrogen and oxygen atoms in total. The molecular formula is C22H25N3O2S. The van der Waals surface area contributed by atoms with Crippen molar-refractivity contribution in [3.05, 3.63) is 81.8 Å². The Balaban J connectivity index is 1.82. The van der Waals surface area contributed by atoms with Gasteiger partial charge >= 0.3 is 0 Å². The van der Waals surface area contributed by atoms with E-state index in [2.05, 4.69) is 34.3 Å². The number of aromatic hydroxyl groups is 1. The number of nitrogens with one attached hydrogen (secondary N) is 1. The van der Waals surface area contributed by atoms with E-state index in [0.717, 1.165) is 16.3 Å². The molecule has 3 rings (SSSR count). The number of para-hydroxylation sites is 1.